The molecule has 0 unspecified atom stereocenters. The number of aliphatic hydroxyl groups excluding tert-OH is 3. The quantitative estimate of drug-likeness (QED) is 0.156. The zero-order chi connectivity index (χ0) is 21.9. The molecule has 0 amide bonds. The number of hydrogen-bond donors (Lipinski definition) is 4. The Morgan fingerprint density at radius 1 is 0.733 bits per heavy atom. The van der Waals surface area contributed by atoms with E-state index in [9.17, 15) is 0 Å². The highest BCUT2D eigenvalue weighted by Crippen LogP contribution is 2.33. The summed E-state index contributed by atoms with van der Waals surface area (Å²) in [5.74, 6) is 0.296. The fourth-order valence-electron chi connectivity index (χ4n) is 2.27. The van der Waals surface area contributed by atoms with Crippen LogP contribution in [0.2, 0.25) is 0 Å². The van der Waals surface area contributed by atoms with E-state index in [0.29, 0.717) is 57.9 Å². The molecule has 0 bridgehead atoms. The van der Waals surface area contributed by atoms with Crippen LogP contribution < -0.4 is 14.8 Å². The van der Waals surface area contributed by atoms with Crippen molar-refractivity contribution in [3.05, 3.63) is 0 Å². The van der Waals surface area contributed by atoms with E-state index in [1.54, 1.807) is 0 Å². The van der Waals surface area contributed by atoms with Gasteiger partial charge in [0, 0.05) is 32.5 Å². The molecule has 1 aromatic rings. The van der Waals surface area contributed by atoms with E-state index in [0.717, 1.165) is 12.6 Å². The van der Waals surface area contributed by atoms with Gasteiger partial charge in [-0.1, -0.05) is 14.8 Å². The molecule has 12 heteroatoms. The average molecular weight is 450 g/mol. The normalized spacial score (nSPS) is 11.1. The van der Waals surface area contributed by atoms with Crippen LogP contribution in [0.25, 0.3) is 0 Å². The minimum Gasteiger partial charge on any atom is -0.463 e. The summed E-state index contributed by atoms with van der Waals surface area (Å²) in [5, 5.41) is 30.0. The lowest BCUT2D eigenvalue weighted by Gasteiger charge is -2.15. The molecule has 0 saturated carbocycles. The number of nitrogens with one attached hydrogen (secondary N) is 1. The first kappa shape index (κ1) is 26.7. The number of rotatable bonds is 20. The Bertz CT molecular complexity index is 507. The molecule has 0 aliphatic rings. The zero-order valence-corrected chi connectivity index (χ0v) is 18.6. The second-order valence-electron chi connectivity index (χ2n) is 6.09. The van der Waals surface area contributed by atoms with E-state index in [-0.39, 0.29) is 38.4 Å². The van der Waals surface area contributed by atoms with E-state index in [2.05, 4.69) is 20.3 Å². The molecule has 0 spiro atoms. The number of ether oxygens (including phenoxy) is 4. The summed E-state index contributed by atoms with van der Waals surface area (Å²) < 4.78 is 21.8. The number of anilines is 1. The highest BCUT2D eigenvalue weighted by molar-refractivity contribution is 7.57. The molecule has 11 nitrogen and oxygen atoms in total. The number of hydrogen-bond acceptors (Lipinski definition) is 11. The first-order valence-corrected chi connectivity index (χ1v) is 12.1. The molecular formula is C18H35N4O7P. The number of aromatic nitrogens is 3. The van der Waals surface area contributed by atoms with Gasteiger partial charge in [0.2, 0.25) is 5.95 Å². The summed E-state index contributed by atoms with van der Waals surface area (Å²) in [6.07, 6.45) is 3.00. The van der Waals surface area contributed by atoms with Gasteiger partial charge in [0.25, 0.3) is 0 Å². The van der Waals surface area contributed by atoms with Gasteiger partial charge in [0.05, 0.1) is 33.0 Å². The molecule has 0 fully saturated rings. The molecule has 1 aromatic heterocycles. The molecule has 1 heterocycles. The maximum atomic E-state index is 9.13. The topological polar surface area (TPSA) is 148 Å². The van der Waals surface area contributed by atoms with E-state index in [1.807, 2.05) is 6.92 Å². The fourth-order valence-corrected chi connectivity index (χ4v) is 3.86. The maximum Gasteiger partial charge on any atom is 0.324 e. The van der Waals surface area contributed by atoms with Crippen molar-refractivity contribution < 1.29 is 34.3 Å². The molecule has 30 heavy (non-hydrogen) atoms. The minimum atomic E-state index is -0.500. The molecule has 0 aromatic carbocycles. The third-order valence-corrected chi connectivity index (χ3v) is 6.12. The Kier molecular flexibility index (Phi) is 16.4. The highest BCUT2D eigenvalue weighted by atomic mass is 31.1. The molecule has 0 aliphatic heterocycles. The largest absolute Gasteiger partial charge is 0.463 e. The van der Waals surface area contributed by atoms with Gasteiger partial charge in [-0.2, -0.15) is 9.97 Å². The average Bonchev–Trinajstić information content (AvgIpc) is 2.74. The van der Waals surface area contributed by atoms with Crippen molar-refractivity contribution in [2.75, 3.05) is 89.8 Å². The molecular weight excluding hydrogens is 415 g/mol. The molecule has 0 radical (unpaired) electrons. The van der Waals surface area contributed by atoms with Crippen molar-refractivity contribution in [2.24, 2.45) is 0 Å². The number of aliphatic hydroxyl groups is 3. The van der Waals surface area contributed by atoms with Crippen molar-refractivity contribution in [1.29, 1.82) is 0 Å². The van der Waals surface area contributed by atoms with E-state index in [1.165, 1.54) is 0 Å². The summed E-state index contributed by atoms with van der Waals surface area (Å²) in [4.78, 5) is 12.6. The second kappa shape index (κ2) is 18.4. The van der Waals surface area contributed by atoms with Crippen LogP contribution in [0.4, 0.5) is 5.95 Å². The molecule has 0 atom stereocenters. The Morgan fingerprint density at radius 3 is 2.03 bits per heavy atom. The van der Waals surface area contributed by atoms with Crippen LogP contribution in [0.1, 0.15) is 13.3 Å². The predicted molar refractivity (Wildman–Crippen MR) is 114 cm³/mol. The van der Waals surface area contributed by atoms with Crippen LogP contribution in [0.3, 0.4) is 0 Å². The Labute approximate surface area is 178 Å². The number of nitrogens with zero attached hydrogens (tertiary/aromatic N) is 3. The van der Waals surface area contributed by atoms with Gasteiger partial charge in [-0.25, -0.2) is 0 Å². The molecule has 4 N–H and O–H groups in total. The van der Waals surface area contributed by atoms with Gasteiger partial charge in [-0.05, 0) is 18.7 Å². The lowest BCUT2D eigenvalue weighted by molar-refractivity contribution is 0.0965. The van der Waals surface area contributed by atoms with Crippen LogP contribution >= 0.6 is 7.92 Å². The van der Waals surface area contributed by atoms with Crippen LogP contribution in [0, 0.1) is 0 Å². The summed E-state index contributed by atoms with van der Waals surface area (Å²) in [7, 11) is -0.500. The van der Waals surface area contributed by atoms with E-state index >= 15 is 0 Å². The van der Waals surface area contributed by atoms with Crippen LogP contribution in [-0.2, 0) is 9.47 Å². The first-order valence-electron chi connectivity index (χ1n) is 10.2. The van der Waals surface area contributed by atoms with Gasteiger partial charge < -0.3 is 39.6 Å². The van der Waals surface area contributed by atoms with Crippen molar-refractivity contribution in [3.8, 4) is 12.0 Å². The summed E-state index contributed by atoms with van der Waals surface area (Å²) >= 11 is 0. The smallest absolute Gasteiger partial charge is 0.324 e. The van der Waals surface area contributed by atoms with Gasteiger partial charge in [0.1, 0.15) is 6.61 Å². The Morgan fingerprint density at radius 2 is 1.40 bits per heavy atom. The van der Waals surface area contributed by atoms with Crippen LogP contribution in [-0.4, -0.2) is 115 Å². The predicted octanol–water partition coefficient (Wildman–Crippen LogP) is -0.0569. The maximum absolute atomic E-state index is 9.13. The van der Waals surface area contributed by atoms with Crippen molar-refractivity contribution in [2.45, 2.75) is 13.3 Å². The van der Waals surface area contributed by atoms with Gasteiger partial charge in [-0.3, -0.25) is 0 Å². The third-order valence-electron chi connectivity index (χ3n) is 3.64. The lowest BCUT2D eigenvalue weighted by atomic mass is 10.5. The summed E-state index contributed by atoms with van der Waals surface area (Å²) in [6.45, 7) is 5.07. The minimum absolute atomic E-state index is 0.0308. The van der Waals surface area contributed by atoms with E-state index < -0.39 is 7.92 Å². The monoisotopic (exact) mass is 450 g/mol. The summed E-state index contributed by atoms with van der Waals surface area (Å²) in [5.41, 5.74) is 0. The third kappa shape index (κ3) is 13.0. The van der Waals surface area contributed by atoms with Crippen LogP contribution in [0.15, 0.2) is 0 Å². The zero-order valence-electron chi connectivity index (χ0n) is 17.7. The Hall–Kier alpha value is -1.36. The summed E-state index contributed by atoms with van der Waals surface area (Å²) in [6, 6.07) is 0.267. The van der Waals surface area contributed by atoms with Crippen molar-refractivity contribution in [1.82, 2.24) is 15.0 Å². The van der Waals surface area contributed by atoms with E-state index in [4.69, 9.17) is 34.3 Å². The fraction of sp³-hybridized carbons (Fsp3) is 0.833. The Balaban J connectivity index is 2.61. The molecule has 174 valence electrons. The standard InChI is InChI=1S/C18H35N4O7P/c1-2-7-26-10-11-28-17-20-16(19-3-8-27-9-4-23)21-18(22-17)29-12-15-30(13-5-24)14-6-25/h23-25H,2-15H2,1H3,(H,19,20,21,22). The molecule has 0 saturated heterocycles. The SMILES string of the molecule is CCCOCCOc1nc(NCCOCCO)nc(OCCP(CCO)CCO)n1. The second-order valence-corrected chi connectivity index (χ2v) is 8.77. The molecule has 1 rings (SSSR count). The molecule has 0 aliphatic carbocycles. The highest BCUT2D eigenvalue weighted by Gasteiger charge is 2.11. The first-order chi connectivity index (χ1) is 14.7. The van der Waals surface area contributed by atoms with Crippen LogP contribution in [0.5, 0.6) is 12.0 Å². The van der Waals surface area contributed by atoms with Gasteiger partial charge >= 0.3 is 12.0 Å². The van der Waals surface area contributed by atoms with Gasteiger partial charge in [0.15, 0.2) is 0 Å². The van der Waals surface area contributed by atoms with Gasteiger partial charge in [-0.15, -0.1) is 4.98 Å². The lowest BCUT2D eigenvalue weighted by Crippen LogP contribution is -2.16. The van der Waals surface area contributed by atoms with Crippen molar-refractivity contribution >= 4 is 13.9 Å². The van der Waals surface area contributed by atoms with Crippen molar-refractivity contribution in [3.63, 3.8) is 0 Å².